The number of nitrogens with zero attached hydrogens (tertiary/aromatic N) is 1. The number of rotatable bonds is 2. The molecule has 0 aromatic heterocycles. The fraction of sp³-hybridized carbons (Fsp3) is 0.571. The maximum Gasteiger partial charge on any atom is 0.163 e. The first-order chi connectivity index (χ1) is 8.48. The molecule has 0 amide bonds. The Morgan fingerprint density at radius 3 is 2.83 bits per heavy atom. The van der Waals surface area contributed by atoms with E-state index in [0.717, 1.165) is 25.5 Å². The van der Waals surface area contributed by atoms with E-state index in [1.165, 1.54) is 6.07 Å². The van der Waals surface area contributed by atoms with Crippen molar-refractivity contribution >= 4 is 0 Å². The molecule has 1 aliphatic heterocycles. The number of halogens is 2. The fourth-order valence-corrected chi connectivity index (χ4v) is 2.39. The van der Waals surface area contributed by atoms with Crippen LogP contribution in [0.5, 0.6) is 0 Å². The molecule has 1 saturated heterocycles. The van der Waals surface area contributed by atoms with Gasteiger partial charge in [0, 0.05) is 18.7 Å². The number of benzene rings is 1. The van der Waals surface area contributed by atoms with Crippen LogP contribution in [0.1, 0.15) is 31.7 Å². The number of likely N-dealkylation sites (tertiary alicyclic amines) is 1. The minimum Gasteiger partial charge on any atom is -0.390 e. The Balaban J connectivity index is 2.03. The molecule has 2 nitrogen and oxygen atoms in total. The van der Waals surface area contributed by atoms with E-state index in [0.29, 0.717) is 25.1 Å². The molecule has 1 unspecified atom stereocenters. The average Bonchev–Trinajstić information content (AvgIpc) is 2.47. The molecule has 0 radical (unpaired) electrons. The van der Waals surface area contributed by atoms with Crippen molar-refractivity contribution in [2.75, 3.05) is 13.1 Å². The lowest BCUT2D eigenvalue weighted by Crippen LogP contribution is -2.28. The van der Waals surface area contributed by atoms with Crippen molar-refractivity contribution in [1.82, 2.24) is 4.90 Å². The van der Waals surface area contributed by atoms with E-state index in [9.17, 15) is 13.9 Å². The van der Waals surface area contributed by atoms with Crippen LogP contribution in [0.2, 0.25) is 0 Å². The molecule has 1 fully saturated rings. The zero-order chi connectivity index (χ0) is 13.2. The molecule has 0 aliphatic carbocycles. The van der Waals surface area contributed by atoms with E-state index in [-0.39, 0.29) is 0 Å². The van der Waals surface area contributed by atoms with Gasteiger partial charge in [0.2, 0.25) is 0 Å². The maximum absolute atomic E-state index is 13.6. The highest BCUT2D eigenvalue weighted by atomic mass is 19.2. The average molecular weight is 255 g/mol. The highest BCUT2D eigenvalue weighted by Gasteiger charge is 2.25. The van der Waals surface area contributed by atoms with Crippen LogP contribution in [0, 0.1) is 11.6 Å². The first-order valence-electron chi connectivity index (χ1n) is 6.35. The quantitative estimate of drug-likeness (QED) is 0.878. The monoisotopic (exact) mass is 255 g/mol. The molecule has 18 heavy (non-hydrogen) atoms. The Morgan fingerprint density at radius 2 is 2.06 bits per heavy atom. The Bertz CT molecular complexity index is 420. The van der Waals surface area contributed by atoms with Crippen LogP contribution in [-0.4, -0.2) is 28.7 Å². The fourth-order valence-electron chi connectivity index (χ4n) is 2.39. The molecule has 2 rings (SSSR count). The molecule has 0 spiro atoms. The second-order valence-electron chi connectivity index (χ2n) is 5.34. The molecule has 1 aromatic carbocycles. The number of hydrogen-bond donors (Lipinski definition) is 1. The summed E-state index contributed by atoms with van der Waals surface area (Å²) in [7, 11) is 0. The largest absolute Gasteiger partial charge is 0.390 e. The Kier molecular flexibility index (Phi) is 3.97. The molecule has 1 aromatic rings. The second-order valence-corrected chi connectivity index (χ2v) is 5.34. The SMILES string of the molecule is CC1(O)CCCN(Cc2cccc(F)c2F)CC1. The summed E-state index contributed by atoms with van der Waals surface area (Å²) in [4.78, 5) is 2.07. The molecule has 1 aliphatic rings. The van der Waals surface area contributed by atoms with Crippen LogP contribution in [0.15, 0.2) is 18.2 Å². The lowest BCUT2D eigenvalue weighted by Gasteiger charge is -2.22. The van der Waals surface area contributed by atoms with Gasteiger partial charge in [0.05, 0.1) is 5.60 Å². The van der Waals surface area contributed by atoms with Crippen molar-refractivity contribution < 1.29 is 13.9 Å². The molecular weight excluding hydrogens is 236 g/mol. The van der Waals surface area contributed by atoms with E-state index in [1.807, 2.05) is 6.92 Å². The topological polar surface area (TPSA) is 23.5 Å². The van der Waals surface area contributed by atoms with Crippen LogP contribution >= 0.6 is 0 Å². The molecule has 4 heteroatoms. The van der Waals surface area contributed by atoms with Gasteiger partial charge in [0.25, 0.3) is 0 Å². The van der Waals surface area contributed by atoms with Gasteiger partial charge in [-0.2, -0.15) is 0 Å². The van der Waals surface area contributed by atoms with Crippen molar-refractivity contribution in [3.63, 3.8) is 0 Å². The summed E-state index contributed by atoms with van der Waals surface area (Å²) in [6.45, 7) is 3.76. The van der Waals surface area contributed by atoms with Crippen molar-refractivity contribution in [2.45, 2.75) is 38.3 Å². The van der Waals surface area contributed by atoms with Crippen molar-refractivity contribution in [2.24, 2.45) is 0 Å². The summed E-state index contributed by atoms with van der Waals surface area (Å²) in [5, 5.41) is 9.98. The molecule has 100 valence electrons. The van der Waals surface area contributed by atoms with Gasteiger partial charge in [0.15, 0.2) is 11.6 Å². The van der Waals surface area contributed by atoms with Gasteiger partial charge in [0.1, 0.15) is 0 Å². The normalized spacial score (nSPS) is 26.0. The zero-order valence-corrected chi connectivity index (χ0v) is 10.6. The van der Waals surface area contributed by atoms with Crippen LogP contribution in [0.4, 0.5) is 8.78 Å². The lowest BCUT2D eigenvalue weighted by molar-refractivity contribution is 0.0444. The van der Waals surface area contributed by atoms with Gasteiger partial charge >= 0.3 is 0 Å². The Labute approximate surface area is 106 Å². The van der Waals surface area contributed by atoms with Gasteiger partial charge in [-0.25, -0.2) is 8.78 Å². The Hall–Kier alpha value is -1.00. The van der Waals surface area contributed by atoms with Crippen molar-refractivity contribution in [3.05, 3.63) is 35.4 Å². The predicted molar refractivity (Wildman–Crippen MR) is 66.1 cm³/mol. The molecule has 0 bridgehead atoms. The minimum absolute atomic E-state index is 0.386. The zero-order valence-electron chi connectivity index (χ0n) is 10.6. The van der Waals surface area contributed by atoms with E-state index in [1.54, 1.807) is 6.07 Å². The molecule has 0 saturated carbocycles. The molecular formula is C14H19F2NO. The minimum atomic E-state index is -0.797. The highest BCUT2D eigenvalue weighted by molar-refractivity contribution is 5.18. The Morgan fingerprint density at radius 1 is 1.28 bits per heavy atom. The second kappa shape index (κ2) is 5.33. The van der Waals surface area contributed by atoms with Crippen LogP contribution in [0.3, 0.4) is 0 Å². The van der Waals surface area contributed by atoms with Gasteiger partial charge < -0.3 is 5.11 Å². The maximum atomic E-state index is 13.6. The smallest absolute Gasteiger partial charge is 0.163 e. The standard InChI is InChI=1S/C14H19F2NO/c1-14(18)6-3-8-17(9-7-14)10-11-4-2-5-12(15)13(11)16/h2,4-5,18H,3,6-10H2,1H3. The van der Waals surface area contributed by atoms with Gasteiger partial charge in [-0.05, 0) is 38.8 Å². The third-order valence-electron chi connectivity index (χ3n) is 3.58. The molecule has 1 heterocycles. The first kappa shape index (κ1) is 13.4. The van der Waals surface area contributed by atoms with Crippen LogP contribution in [-0.2, 0) is 6.54 Å². The summed E-state index contributed by atoms with van der Waals surface area (Å²) >= 11 is 0. The summed E-state index contributed by atoms with van der Waals surface area (Å²) < 4.78 is 26.7. The van der Waals surface area contributed by atoms with Gasteiger partial charge in [-0.15, -0.1) is 0 Å². The molecule has 1 atom stereocenters. The summed E-state index contributed by atoms with van der Waals surface area (Å²) in [5.74, 6) is -1.55. The summed E-state index contributed by atoms with van der Waals surface area (Å²) in [5.41, 5.74) is -0.244. The van der Waals surface area contributed by atoms with Crippen molar-refractivity contribution in [1.29, 1.82) is 0 Å². The summed E-state index contributed by atoms with van der Waals surface area (Å²) in [6, 6.07) is 4.27. The van der Waals surface area contributed by atoms with Crippen molar-refractivity contribution in [3.8, 4) is 0 Å². The predicted octanol–water partition coefficient (Wildman–Crippen LogP) is 2.70. The van der Waals surface area contributed by atoms with E-state index in [4.69, 9.17) is 0 Å². The number of hydrogen-bond acceptors (Lipinski definition) is 2. The molecule has 1 N–H and O–H groups in total. The van der Waals surface area contributed by atoms with Crippen LogP contribution < -0.4 is 0 Å². The van der Waals surface area contributed by atoms with Crippen LogP contribution in [0.25, 0.3) is 0 Å². The van der Waals surface area contributed by atoms with E-state index >= 15 is 0 Å². The lowest BCUT2D eigenvalue weighted by atomic mass is 9.98. The number of aliphatic hydroxyl groups is 1. The first-order valence-corrected chi connectivity index (χ1v) is 6.35. The third-order valence-corrected chi connectivity index (χ3v) is 3.58. The van der Waals surface area contributed by atoms with E-state index in [2.05, 4.69) is 4.90 Å². The van der Waals surface area contributed by atoms with Gasteiger partial charge in [-0.3, -0.25) is 4.90 Å². The van der Waals surface area contributed by atoms with Gasteiger partial charge in [-0.1, -0.05) is 12.1 Å². The summed E-state index contributed by atoms with van der Waals surface area (Å²) in [6.07, 6.45) is 2.31. The highest BCUT2D eigenvalue weighted by Crippen LogP contribution is 2.23. The third kappa shape index (κ3) is 3.27. The van der Waals surface area contributed by atoms with E-state index < -0.39 is 17.2 Å².